The van der Waals surface area contributed by atoms with Crippen molar-refractivity contribution in [1.82, 2.24) is 0 Å². The van der Waals surface area contributed by atoms with Gasteiger partial charge in [0.05, 0.1) is 12.1 Å². The molecule has 0 radical (unpaired) electrons. The van der Waals surface area contributed by atoms with E-state index < -0.39 is 5.41 Å². The topological polar surface area (TPSA) is 47.6 Å². The molecule has 1 atom stereocenters. The first kappa shape index (κ1) is 13.6. The van der Waals surface area contributed by atoms with Gasteiger partial charge in [-0.15, -0.1) is 0 Å². The second-order valence-electron chi connectivity index (χ2n) is 5.46. The van der Waals surface area contributed by atoms with Crippen LogP contribution in [0.2, 0.25) is 0 Å². The molecule has 0 N–H and O–H groups in total. The Bertz CT molecular complexity index is 464. The lowest BCUT2D eigenvalue weighted by molar-refractivity contribution is 0.356. The Morgan fingerprint density at radius 1 is 0.895 bits per heavy atom. The van der Waals surface area contributed by atoms with Crippen molar-refractivity contribution >= 4 is 0 Å². The molecule has 0 amide bonds. The van der Waals surface area contributed by atoms with E-state index in [1.165, 1.54) is 12.8 Å². The van der Waals surface area contributed by atoms with Crippen LogP contribution in [-0.2, 0) is 0 Å². The Morgan fingerprint density at radius 2 is 1.53 bits per heavy atom. The molecule has 1 aromatic rings. The Kier molecular flexibility index (Phi) is 4.58. The largest absolute Gasteiger partial charge is 0.197 e. The van der Waals surface area contributed by atoms with Crippen molar-refractivity contribution in [1.29, 1.82) is 10.5 Å². The van der Waals surface area contributed by atoms with Crippen molar-refractivity contribution < 1.29 is 0 Å². The van der Waals surface area contributed by atoms with Crippen molar-refractivity contribution in [2.75, 3.05) is 0 Å². The molecule has 0 bridgehead atoms. The van der Waals surface area contributed by atoms with E-state index in [0.717, 1.165) is 31.2 Å². The van der Waals surface area contributed by atoms with Crippen LogP contribution in [0.1, 0.15) is 56.4 Å². The summed E-state index contributed by atoms with van der Waals surface area (Å²) in [7, 11) is 0. The molecule has 0 saturated heterocycles. The van der Waals surface area contributed by atoms with Gasteiger partial charge in [0.25, 0.3) is 0 Å². The third-order valence-corrected chi connectivity index (χ3v) is 4.26. The zero-order valence-corrected chi connectivity index (χ0v) is 11.3. The van der Waals surface area contributed by atoms with Gasteiger partial charge in [-0.1, -0.05) is 62.4 Å². The first-order chi connectivity index (χ1) is 9.32. The minimum absolute atomic E-state index is 0.0572. The Morgan fingerprint density at radius 3 is 2.21 bits per heavy atom. The SMILES string of the molecule is N#CC1(C#N)CCCCCCCC1c1ccccc1. The number of benzene rings is 1. The van der Waals surface area contributed by atoms with Crippen LogP contribution in [0.25, 0.3) is 0 Å². The highest BCUT2D eigenvalue weighted by Crippen LogP contribution is 2.43. The van der Waals surface area contributed by atoms with Crippen LogP contribution >= 0.6 is 0 Å². The standard InChI is InChI=1S/C17H20N2/c18-13-17(14-19)12-8-3-1-2-7-11-16(17)15-9-5-4-6-10-15/h4-6,9-10,16H,1-3,7-8,11-12H2. The molecule has 2 nitrogen and oxygen atoms in total. The highest BCUT2D eigenvalue weighted by atomic mass is 14.5. The molecule has 1 fully saturated rings. The van der Waals surface area contributed by atoms with Crippen LogP contribution in [0, 0.1) is 28.1 Å². The quantitative estimate of drug-likeness (QED) is 0.736. The summed E-state index contributed by atoms with van der Waals surface area (Å²) in [4.78, 5) is 0. The summed E-state index contributed by atoms with van der Waals surface area (Å²) in [5.74, 6) is 0.0572. The highest BCUT2D eigenvalue weighted by molar-refractivity contribution is 5.30. The summed E-state index contributed by atoms with van der Waals surface area (Å²) in [6.07, 6.45) is 7.36. The molecule has 0 aromatic heterocycles. The molecule has 1 aliphatic rings. The van der Waals surface area contributed by atoms with Crippen LogP contribution in [0.3, 0.4) is 0 Å². The zero-order valence-electron chi connectivity index (χ0n) is 11.3. The molecule has 2 heteroatoms. The van der Waals surface area contributed by atoms with Crippen LogP contribution < -0.4 is 0 Å². The van der Waals surface area contributed by atoms with Crippen molar-refractivity contribution in [2.24, 2.45) is 5.41 Å². The van der Waals surface area contributed by atoms with E-state index in [1.54, 1.807) is 0 Å². The van der Waals surface area contributed by atoms with Gasteiger partial charge in [0.2, 0.25) is 0 Å². The van der Waals surface area contributed by atoms with Gasteiger partial charge in [0.1, 0.15) is 0 Å². The van der Waals surface area contributed by atoms with Crippen LogP contribution in [-0.4, -0.2) is 0 Å². The minimum Gasteiger partial charge on any atom is -0.197 e. The fourth-order valence-corrected chi connectivity index (χ4v) is 3.13. The van der Waals surface area contributed by atoms with Crippen molar-refractivity contribution in [3.8, 4) is 12.1 Å². The third kappa shape index (κ3) is 2.96. The predicted molar refractivity (Wildman–Crippen MR) is 75.2 cm³/mol. The maximum Gasteiger partial charge on any atom is 0.150 e. The third-order valence-electron chi connectivity index (χ3n) is 4.26. The smallest absolute Gasteiger partial charge is 0.150 e. The van der Waals surface area contributed by atoms with E-state index in [9.17, 15) is 10.5 Å². The second kappa shape index (κ2) is 6.39. The lowest BCUT2D eigenvalue weighted by Crippen LogP contribution is -2.26. The van der Waals surface area contributed by atoms with E-state index in [2.05, 4.69) is 24.3 Å². The van der Waals surface area contributed by atoms with Crippen LogP contribution in [0.5, 0.6) is 0 Å². The summed E-state index contributed by atoms with van der Waals surface area (Å²) in [6.45, 7) is 0. The van der Waals surface area contributed by atoms with E-state index in [1.807, 2.05) is 18.2 Å². The summed E-state index contributed by atoms with van der Waals surface area (Å²) in [5.41, 5.74) is 0.304. The average Bonchev–Trinajstić information content (AvgIpc) is 2.58. The number of nitriles is 2. The number of rotatable bonds is 1. The molecule has 0 aliphatic heterocycles. The predicted octanol–water partition coefficient (Wildman–Crippen LogP) is 4.55. The van der Waals surface area contributed by atoms with Crippen LogP contribution in [0.15, 0.2) is 30.3 Å². The van der Waals surface area contributed by atoms with Gasteiger partial charge in [0, 0.05) is 5.92 Å². The van der Waals surface area contributed by atoms with E-state index in [-0.39, 0.29) is 5.92 Å². The zero-order chi connectivity index (χ0) is 13.6. The summed E-state index contributed by atoms with van der Waals surface area (Å²) in [5, 5.41) is 19.2. The summed E-state index contributed by atoms with van der Waals surface area (Å²) in [6, 6.07) is 14.8. The monoisotopic (exact) mass is 252 g/mol. The Hall–Kier alpha value is -1.80. The Balaban J connectivity index is 2.38. The van der Waals surface area contributed by atoms with E-state index in [0.29, 0.717) is 6.42 Å². The fraction of sp³-hybridized carbons (Fsp3) is 0.529. The highest BCUT2D eigenvalue weighted by Gasteiger charge is 2.40. The summed E-state index contributed by atoms with van der Waals surface area (Å²) < 4.78 is 0. The van der Waals surface area contributed by atoms with Gasteiger partial charge in [0.15, 0.2) is 5.41 Å². The number of nitrogens with zero attached hydrogens (tertiary/aromatic N) is 2. The first-order valence-electron chi connectivity index (χ1n) is 7.20. The molecule has 0 heterocycles. The van der Waals surface area contributed by atoms with Crippen molar-refractivity contribution in [3.63, 3.8) is 0 Å². The molecular formula is C17H20N2. The lowest BCUT2D eigenvalue weighted by atomic mass is 9.69. The first-order valence-corrected chi connectivity index (χ1v) is 7.20. The number of hydrogen-bond acceptors (Lipinski definition) is 2. The molecule has 19 heavy (non-hydrogen) atoms. The molecule has 1 unspecified atom stereocenters. The van der Waals surface area contributed by atoms with Gasteiger partial charge in [-0.25, -0.2) is 0 Å². The average molecular weight is 252 g/mol. The normalized spacial score (nSPS) is 23.2. The van der Waals surface area contributed by atoms with Gasteiger partial charge < -0.3 is 0 Å². The fourth-order valence-electron chi connectivity index (χ4n) is 3.13. The molecular weight excluding hydrogens is 232 g/mol. The minimum atomic E-state index is -0.842. The lowest BCUT2D eigenvalue weighted by Gasteiger charge is -2.29. The maximum absolute atomic E-state index is 9.61. The number of hydrogen-bond donors (Lipinski definition) is 0. The summed E-state index contributed by atoms with van der Waals surface area (Å²) >= 11 is 0. The molecule has 98 valence electrons. The molecule has 1 aromatic carbocycles. The molecule has 2 rings (SSSR count). The second-order valence-corrected chi connectivity index (χ2v) is 5.46. The van der Waals surface area contributed by atoms with E-state index >= 15 is 0 Å². The molecule has 0 spiro atoms. The van der Waals surface area contributed by atoms with Gasteiger partial charge >= 0.3 is 0 Å². The molecule has 1 saturated carbocycles. The van der Waals surface area contributed by atoms with Gasteiger partial charge in [-0.05, 0) is 18.4 Å². The van der Waals surface area contributed by atoms with Crippen molar-refractivity contribution in [2.45, 2.75) is 50.9 Å². The van der Waals surface area contributed by atoms with Crippen molar-refractivity contribution in [3.05, 3.63) is 35.9 Å². The van der Waals surface area contributed by atoms with E-state index in [4.69, 9.17) is 0 Å². The van der Waals surface area contributed by atoms with Gasteiger partial charge in [-0.2, -0.15) is 10.5 Å². The Labute approximate surface area is 115 Å². The maximum atomic E-state index is 9.61. The van der Waals surface area contributed by atoms with Crippen LogP contribution in [0.4, 0.5) is 0 Å². The molecule has 1 aliphatic carbocycles. The van der Waals surface area contributed by atoms with Gasteiger partial charge in [-0.3, -0.25) is 0 Å².